The van der Waals surface area contributed by atoms with Gasteiger partial charge in [0.25, 0.3) is 11.1 Å². The average molecular weight is 460 g/mol. The molecular weight excluding hydrogens is 442 g/mol. The van der Waals surface area contributed by atoms with Gasteiger partial charge in [0.2, 0.25) is 0 Å². The van der Waals surface area contributed by atoms with Gasteiger partial charge in [-0.25, -0.2) is 0 Å². The maximum Gasteiger partial charge on any atom is 0.293 e. The van der Waals surface area contributed by atoms with Crippen molar-refractivity contribution < 1.29 is 19.1 Å². The molecule has 1 aliphatic heterocycles. The van der Waals surface area contributed by atoms with E-state index in [2.05, 4.69) is 22.5 Å². The third-order valence-electron chi connectivity index (χ3n) is 3.98. The van der Waals surface area contributed by atoms with Crippen LogP contribution < -0.4 is 9.47 Å². The standard InChI is InChI=1S/C21H18BrNO4S/c1-3-10-23-20(24)19(28-21(23)25)12-15-6-9-17(18(11-15)26-2)27-13-14-4-7-16(22)8-5-14/h3-9,11-12H,1,10,13H2,2H3/b19-12+. The summed E-state index contributed by atoms with van der Waals surface area (Å²) < 4.78 is 12.3. The topological polar surface area (TPSA) is 55.8 Å². The molecule has 1 heterocycles. The Kier molecular flexibility index (Phi) is 6.59. The second kappa shape index (κ2) is 9.12. The number of carbonyl (C=O) groups excluding carboxylic acids is 2. The van der Waals surface area contributed by atoms with Crippen molar-refractivity contribution in [3.05, 3.63) is 75.6 Å². The summed E-state index contributed by atoms with van der Waals surface area (Å²) in [6, 6.07) is 13.3. The molecule has 7 heteroatoms. The Bertz CT molecular complexity index is 940. The minimum absolute atomic E-state index is 0.203. The number of nitrogens with zero attached hydrogens (tertiary/aromatic N) is 1. The molecule has 5 nitrogen and oxygen atoms in total. The monoisotopic (exact) mass is 459 g/mol. The summed E-state index contributed by atoms with van der Waals surface area (Å²) in [7, 11) is 1.56. The van der Waals surface area contributed by atoms with Crippen LogP contribution in [0.4, 0.5) is 4.79 Å². The number of halogens is 1. The summed E-state index contributed by atoms with van der Waals surface area (Å²) in [5.41, 5.74) is 1.78. The molecule has 2 aromatic rings. The Morgan fingerprint density at radius 1 is 1.14 bits per heavy atom. The van der Waals surface area contributed by atoms with Crippen LogP contribution in [0.3, 0.4) is 0 Å². The molecule has 28 heavy (non-hydrogen) atoms. The summed E-state index contributed by atoms with van der Waals surface area (Å²) in [6.07, 6.45) is 3.20. The van der Waals surface area contributed by atoms with Crippen LogP contribution in [-0.4, -0.2) is 29.7 Å². The maximum atomic E-state index is 12.3. The Morgan fingerprint density at radius 3 is 2.57 bits per heavy atom. The number of rotatable bonds is 7. The molecule has 3 rings (SSSR count). The van der Waals surface area contributed by atoms with Crippen molar-refractivity contribution in [3.63, 3.8) is 0 Å². The quantitative estimate of drug-likeness (QED) is 0.417. The predicted molar refractivity (Wildman–Crippen MR) is 114 cm³/mol. The predicted octanol–water partition coefficient (Wildman–Crippen LogP) is 5.26. The molecule has 0 bridgehead atoms. The van der Waals surface area contributed by atoms with E-state index in [4.69, 9.17) is 9.47 Å². The highest BCUT2D eigenvalue weighted by atomic mass is 79.9. The van der Waals surface area contributed by atoms with Crippen LogP contribution in [0, 0.1) is 0 Å². The fourth-order valence-electron chi connectivity index (χ4n) is 2.57. The zero-order chi connectivity index (χ0) is 20.1. The lowest BCUT2D eigenvalue weighted by Gasteiger charge is -2.12. The molecule has 0 spiro atoms. The average Bonchev–Trinajstić information content (AvgIpc) is 2.96. The van der Waals surface area contributed by atoms with E-state index in [1.165, 1.54) is 6.08 Å². The molecule has 0 radical (unpaired) electrons. The molecule has 0 unspecified atom stereocenters. The molecule has 0 aliphatic carbocycles. The van der Waals surface area contributed by atoms with E-state index in [-0.39, 0.29) is 17.7 Å². The number of imide groups is 1. The van der Waals surface area contributed by atoms with Crippen LogP contribution in [-0.2, 0) is 11.4 Å². The lowest BCUT2D eigenvalue weighted by atomic mass is 10.1. The maximum absolute atomic E-state index is 12.3. The fourth-order valence-corrected chi connectivity index (χ4v) is 3.69. The normalized spacial score (nSPS) is 15.2. The minimum atomic E-state index is -0.315. The van der Waals surface area contributed by atoms with E-state index in [9.17, 15) is 9.59 Å². The van der Waals surface area contributed by atoms with E-state index < -0.39 is 0 Å². The summed E-state index contributed by atoms with van der Waals surface area (Å²) in [5, 5.41) is -0.294. The third kappa shape index (κ3) is 4.66. The number of carbonyl (C=O) groups is 2. The number of benzene rings is 2. The first-order valence-electron chi connectivity index (χ1n) is 8.43. The second-order valence-electron chi connectivity index (χ2n) is 5.91. The van der Waals surface area contributed by atoms with Gasteiger partial charge in [-0.2, -0.15) is 0 Å². The molecule has 0 aromatic heterocycles. The first-order chi connectivity index (χ1) is 13.5. The fraction of sp³-hybridized carbons (Fsp3) is 0.143. The number of thioether (sulfide) groups is 1. The van der Waals surface area contributed by atoms with Gasteiger partial charge in [-0.1, -0.05) is 40.2 Å². The highest BCUT2D eigenvalue weighted by molar-refractivity contribution is 9.10. The van der Waals surface area contributed by atoms with Crippen LogP contribution in [0.25, 0.3) is 6.08 Å². The number of methoxy groups -OCH3 is 1. The minimum Gasteiger partial charge on any atom is -0.493 e. The van der Waals surface area contributed by atoms with E-state index in [0.29, 0.717) is 23.0 Å². The van der Waals surface area contributed by atoms with Gasteiger partial charge in [-0.05, 0) is 53.2 Å². The molecule has 2 amide bonds. The van der Waals surface area contributed by atoms with Gasteiger partial charge >= 0.3 is 0 Å². The van der Waals surface area contributed by atoms with Gasteiger partial charge in [-0.3, -0.25) is 14.5 Å². The van der Waals surface area contributed by atoms with Crippen molar-refractivity contribution in [2.45, 2.75) is 6.61 Å². The Hall–Kier alpha value is -2.51. The molecule has 0 saturated carbocycles. The second-order valence-corrected chi connectivity index (χ2v) is 7.82. The molecule has 1 fully saturated rings. The summed E-state index contributed by atoms with van der Waals surface area (Å²) in [4.78, 5) is 25.8. The van der Waals surface area contributed by atoms with E-state index >= 15 is 0 Å². The number of hydrogen-bond acceptors (Lipinski definition) is 5. The largest absolute Gasteiger partial charge is 0.493 e. The van der Waals surface area contributed by atoms with Crippen LogP contribution in [0.1, 0.15) is 11.1 Å². The molecule has 2 aromatic carbocycles. The smallest absolute Gasteiger partial charge is 0.293 e. The SMILES string of the molecule is C=CCN1C(=O)S/C(=C/c2ccc(OCc3ccc(Br)cc3)c(OC)c2)C1=O. The molecular formula is C21H18BrNO4S. The first kappa shape index (κ1) is 20.2. The number of hydrogen-bond donors (Lipinski definition) is 0. The van der Waals surface area contributed by atoms with Crippen molar-refractivity contribution >= 4 is 44.9 Å². The van der Waals surface area contributed by atoms with Gasteiger partial charge in [0.15, 0.2) is 11.5 Å². The lowest BCUT2D eigenvalue weighted by Crippen LogP contribution is -2.27. The van der Waals surface area contributed by atoms with Gasteiger partial charge in [0.05, 0.1) is 12.0 Å². The Labute approximate surface area is 176 Å². The van der Waals surface area contributed by atoms with Crippen molar-refractivity contribution in [3.8, 4) is 11.5 Å². The van der Waals surface area contributed by atoms with Crippen molar-refractivity contribution in [1.82, 2.24) is 4.90 Å². The highest BCUT2D eigenvalue weighted by Gasteiger charge is 2.34. The van der Waals surface area contributed by atoms with Crippen molar-refractivity contribution in [2.75, 3.05) is 13.7 Å². The lowest BCUT2D eigenvalue weighted by molar-refractivity contribution is -0.122. The van der Waals surface area contributed by atoms with Crippen molar-refractivity contribution in [2.24, 2.45) is 0 Å². The highest BCUT2D eigenvalue weighted by Crippen LogP contribution is 2.34. The van der Waals surface area contributed by atoms with E-state index in [1.807, 2.05) is 30.3 Å². The number of ether oxygens (including phenoxy) is 2. The summed E-state index contributed by atoms with van der Waals surface area (Å²) >= 11 is 4.33. The number of amides is 2. The molecule has 144 valence electrons. The van der Waals surface area contributed by atoms with Gasteiger partial charge in [-0.15, -0.1) is 6.58 Å². The van der Waals surface area contributed by atoms with Crippen molar-refractivity contribution in [1.29, 1.82) is 0 Å². The van der Waals surface area contributed by atoms with Gasteiger partial charge in [0, 0.05) is 11.0 Å². The molecule has 1 saturated heterocycles. The van der Waals surface area contributed by atoms with E-state index in [1.54, 1.807) is 25.3 Å². The summed E-state index contributed by atoms with van der Waals surface area (Å²) in [5.74, 6) is 0.836. The van der Waals surface area contributed by atoms with Gasteiger partial charge in [0.1, 0.15) is 6.61 Å². The molecule has 0 atom stereocenters. The van der Waals surface area contributed by atoms with Crippen LogP contribution in [0.15, 0.2) is 64.5 Å². The van der Waals surface area contributed by atoms with Crippen LogP contribution >= 0.6 is 27.7 Å². The van der Waals surface area contributed by atoms with Crippen LogP contribution in [0.5, 0.6) is 11.5 Å². The van der Waals surface area contributed by atoms with E-state index in [0.717, 1.165) is 32.3 Å². The summed E-state index contributed by atoms with van der Waals surface area (Å²) in [6.45, 7) is 4.18. The zero-order valence-electron chi connectivity index (χ0n) is 15.2. The molecule has 1 aliphatic rings. The van der Waals surface area contributed by atoms with Crippen LogP contribution in [0.2, 0.25) is 0 Å². The molecule has 0 N–H and O–H groups in total. The Morgan fingerprint density at radius 2 is 1.89 bits per heavy atom. The first-order valence-corrected chi connectivity index (χ1v) is 10.0. The Balaban J connectivity index is 1.76. The third-order valence-corrected chi connectivity index (χ3v) is 5.41. The van der Waals surface area contributed by atoms with Gasteiger partial charge < -0.3 is 9.47 Å². The zero-order valence-corrected chi connectivity index (χ0v) is 17.6.